The third kappa shape index (κ3) is 3.62. The summed E-state index contributed by atoms with van der Waals surface area (Å²) in [6.45, 7) is 0. The van der Waals surface area contributed by atoms with Crippen molar-refractivity contribution in [2.24, 2.45) is 0 Å². The van der Waals surface area contributed by atoms with Crippen molar-refractivity contribution in [3.8, 4) is 5.75 Å². The molecule has 0 aliphatic rings. The van der Waals surface area contributed by atoms with Gasteiger partial charge >= 0.3 is 5.97 Å². The van der Waals surface area contributed by atoms with Crippen LogP contribution in [0.4, 0.5) is 0 Å². The number of benzene rings is 2. The number of carbonyl (C=O) groups excluding carboxylic acids is 2. The monoisotopic (exact) mass is 296 g/mol. The zero-order valence-electron chi connectivity index (χ0n) is 12.2. The normalized spacial score (nSPS) is 9.86. The van der Waals surface area contributed by atoms with Gasteiger partial charge in [-0.2, -0.15) is 0 Å². The Kier molecular flexibility index (Phi) is 5.12. The fraction of sp³-hybridized carbons (Fsp3) is 0.167. The number of ether oxygens (including phenoxy) is 1. The van der Waals surface area contributed by atoms with Crippen molar-refractivity contribution >= 4 is 17.5 Å². The molecule has 0 atom stereocenters. The molecule has 2 aromatic rings. The van der Waals surface area contributed by atoms with Gasteiger partial charge in [-0.05, 0) is 36.6 Å². The standard InChI is InChI=1S/C18H16O4/c1-22-18(21)14-9-6-13(7-10-14)8-11-15(12-19)16-4-2-3-5-17(16)20/h2-7,9-10,20H,8,11H2,1H3. The fourth-order valence-corrected chi connectivity index (χ4v) is 2.16. The van der Waals surface area contributed by atoms with Gasteiger partial charge in [-0.15, -0.1) is 0 Å². The summed E-state index contributed by atoms with van der Waals surface area (Å²) in [5, 5.41) is 9.78. The van der Waals surface area contributed by atoms with Crippen LogP contribution in [-0.4, -0.2) is 24.1 Å². The predicted molar refractivity (Wildman–Crippen MR) is 83.3 cm³/mol. The van der Waals surface area contributed by atoms with Crippen LogP contribution in [0.15, 0.2) is 48.5 Å². The number of allylic oxidation sites excluding steroid dienone is 1. The molecule has 112 valence electrons. The lowest BCUT2D eigenvalue weighted by Crippen LogP contribution is -2.01. The van der Waals surface area contributed by atoms with Gasteiger partial charge in [-0.3, -0.25) is 0 Å². The van der Waals surface area contributed by atoms with Crippen molar-refractivity contribution < 1.29 is 19.4 Å². The lowest BCUT2D eigenvalue weighted by Gasteiger charge is -2.07. The molecule has 0 radical (unpaired) electrons. The first-order valence-electron chi connectivity index (χ1n) is 6.85. The van der Waals surface area contributed by atoms with Gasteiger partial charge in [0.05, 0.1) is 12.7 Å². The highest BCUT2D eigenvalue weighted by molar-refractivity contribution is 5.90. The molecule has 0 fully saturated rings. The number of rotatable bonds is 5. The number of phenols is 1. The zero-order chi connectivity index (χ0) is 15.9. The molecule has 1 N–H and O–H groups in total. The average molecular weight is 296 g/mol. The van der Waals surface area contributed by atoms with Crippen molar-refractivity contribution in [2.45, 2.75) is 12.8 Å². The van der Waals surface area contributed by atoms with Crippen molar-refractivity contribution in [1.82, 2.24) is 0 Å². The number of hydrogen-bond acceptors (Lipinski definition) is 4. The summed E-state index contributed by atoms with van der Waals surface area (Å²) in [5.41, 5.74) is 2.40. The Labute approximate surface area is 128 Å². The van der Waals surface area contributed by atoms with Gasteiger partial charge in [0.25, 0.3) is 0 Å². The molecule has 0 aromatic heterocycles. The quantitative estimate of drug-likeness (QED) is 0.680. The van der Waals surface area contributed by atoms with E-state index < -0.39 is 0 Å². The van der Waals surface area contributed by atoms with Gasteiger partial charge in [0.15, 0.2) is 0 Å². The second-order valence-electron chi connectivity index (χ2n) is 4.79. The molecule has 0 unspecified atom stereocenters. The molecular formula is C18H16O4. The minimum Gasteiger partial charge on any atom is -0.507 e. The van der Waals surface area contributed by atoms with Crippen LogP contribution in [0.3, 0.4) is 0 Å². The number of hydrogen-bond donors (Lipinski definition) is 1. The first-order valence-corrected chi connectivity index (χ1v) is 6.85. The van der Waals surface area contributed by atoms with Crippen LogP contribution in [0.5, 0.6) is 5.75 Å². The molecule has 4 nitrogen and oxygen atoms in total. The highest BCUT2D eigenvalue weighted by atomic mass is 16.5. The van der Waals surface area contributed by atoms with Crippen LogP contribution in [0.25, 0.3) is 5.57 Å². The summed E-state index contributed by atoms with van der Waals surface area (Å²) in [7, 11) is 1.34. The summed E-state index contributed by atoms with van der Waals surface area (Å²) in [5.74, 6) is 1.59. The Bertz CT molecular complexity index is 710. The van der Waals surface area contributed by atoms with E-state index in [2.05, 4.69) is 4.74 Å². The maximum atomic E-state index is 11.4. The summed E-state index contributed by atoms with van der Waals surface area (Å²) >= 11 is 0. The van der Waals surface area contributed by atoms with E-state index in [1.165, 1.54) is 13.2 Å². The molecule has 0 bridgehead atoms. The molecule has 0 aliphatic heterocycles. The Morgan fingerprint density at radius 2 is 1.82 bits per heavy atom. The van der Waals surface area contributed by atoms with Crippen LogP contribution in [-0.2, 0) is 16.0 Å². The second kappa shape index (κ2) is 7.25. The molecule has 0 aliphatic carbocycles. The van der Waals surface area contributed by atoms with E-state index in [9.17, 15) is 14.7 Å². The largest absolute Gasteiger partial charge is 0.507 e. The van der Waals surface area contributed by atoms with Crippen LogP contribution >= 0.6 is 0 Å². The van der Waals surface area contributed by atoms with Gasteiger partial charge in [0, 0.05) is 11.1 Å². The number of phenolic OH excluding ortho intramolecular Hbond substituents is 1. The Balaban J connectivity index is 2.07. The lowest BCUT2D eigenvalue weighted by molar-refractivity contribution is 0.0600. The van der Waals surface area contributed by atoms with Gasteiger partial charge in [0.1, 0.15) is 11.7 Å². The van der Waals surface area contributed by atoms with Crippen molar-refractivity contribution in [2.75, 3.05) is 7.11 Å². The van der Waals surface area contributed by atoms with Crippen LogP contribution < -0.4 is 0 Å². The Morgan fingerprint density at radius 1 is 1.14 bits per heavy atom. The van der Waals surface area contributed by atoms with E-state index in [4.69, 9.17) is 0 Å². The van der Waals surface area contributed by atoms with E-state index in [-0.39, 0.29) is 11.7 Å². The maximum Gasteiger partial charge on any atom is 0.337 e. The molecular weight excluding hydrogens is 280 g/mol. The molecule has 2 rings (SSSR count). The van der Waals surface area contributed by atoms with Crippen molar-refractivity contribution in [1.29, 1.82) is 0 Å². The first kappa shape index (κ1) is 15.5. The molecule has 22 heavy (non-hydrogen) atoms. The SMILES string of the molecule is COC(=O)c1ccc(CCC(=C=O)c2ccccc2O)cc1. The number of esters is 1. The minimum absolute atomic E-state index is 0.0712. The molecule has 0 saturated carbocycles. The smallest absolute Gasteiger partial charge is 0.337 e. The molecule has 0 amide bonds. The summed E-state index contributed by atoms with van der Waals surface area (Å²) in [6, 6.07) is 13.7. The maximum absolute atomic E-state index is 11.4. The first-order chi connectivity index (χ1) is 10.7. The Morgan fingerprint density at radius 3 is 2.41 bits per heavy atom. The Hall–Kier alpha value is -2.84. The third-order valence-electron chi connectivity index (χ3n) is 3.39. The fourth-order valence-electron chi connectivity index (χ4n) is 2.16. The molecule has 2 aromatic carbocycles. The molecule has 0 saturated heterocycles. The number of methoxy groups -OCH3 is 1. The van der Waals surface area contributed by atoms with Crippen molar-refractivity contribution in [3.05, 3.63) is 65.2 Å². The zero-order valence-corrected chi connectivity index (χ0v) is 12.2. The van der Waals surface area contributed by atoms with E-state index in [1.54, 1.807) is 30.3 Å². The van der Waals surface area contributed by atoms with E-state index in [0.717, 1.165) is 5.56 Å². The van der Waals surface area contributed by atoms with Gasteiger partial charge in [-0.25, -0.2) is 9.59 Å². The summed E-state index contributed by atoms with van der Waals surface area (Å²) in [4.78, 5) is 22.5. The lowest BCUT2D eigenvalue weighted by atomic mass is 9.98. The van der Waals surface area contributed by atoms with Crippen molar-refractivity contribution in [3.63, 3.8) is 0 Å². The number of aromatic hydroxyl groups is 1. The molecule has 0 heterocycles. The summed E-state index contributed by atoms with van der Waals surface area (Å²) < 4.78 is 4.64. The highest BCUT2D eigenvalue weighted by Gasteiger charge is 2.09. The van der Waals surface area contributed by atoms with Crippen LogP contribution in [0.1, 0.15) is 27.9 Å². The molecule has 4 heteroatoms. The number of para-hydroxylation sites is 1. The minimum atomic E-state index is -0.380. The summed E-state index contributed by atoms with van der Waals surface area (Å²) in [6.07, 6.45) is 1.07. The highest BCUT2D eigenvalue weighted by Crippen LogP contribution is 2.26. The second-order valence-corrected chi connectivity index (χ2v) is 4.79. The van der Waals surface area contributed by atoms with E-state index in [0.29, 0.717) is 29.5 Å². The van der Waals surface area contributed by atoms with Gasteiger partial charge in [0.2, 0.25) is 0 Å². The van der Waals surface area contributed by atoms with Crippen LogP contribution in [0, 0.1) is 0 Å². The van der Waals surface area contributed by atoms with Crippen LogP contribution in [0.2, 0.25) is 0 Å². The van der Waals surface area contributed by atoms with Gasteiger partial charge in [-0.1, -0.05) is 30.3 Å². The predicted octanol–water partition coefficient (Wildman–Crippen LogP) is 3.03. The van der Waals surface area contributed by atoms with E-state index >= 15 is 0 Å². The van der Waals surface area contributed by atoms with E-state index in [1.807, 2.05) is 18.1 Å². The number of carbonyl (C=O) groups is 1. The molecule has 0 spiro atoms. The average Bonchev–Trinajstić information content (AvgIpc) is 2.56. The topological polar surface area (TPSA) is 63.6 Å². The number of aryl methyl sites for hydroxylation is 1. The third-order valence-corrected chi connectivity index (χ3v) is 3.39. The van der Waals surface area contributed by atoms with Gasteiger partial charge < -0.3 is 9.84 Å².